The molecule has 2 aromatic carbocycles. The van der Waals surface area contributed by atoms with Crippen LogP contribution >= 0.6 is 0 Å². The van der Waals surface area contributed by atoms with Crippen molar-refractivity contribution in [2.45, 2.75) is 16.7 Å². The van der Waals surface area contributed by atoms with Crippen molar-refractivity contribution in [2.24, 2.45) is 5.73 Å². The minimum absolute atomic E-state index is 0.0360. The van der Waals surface area contributed by atoms with Crippen molar-refractivity contribution in [1.82, 2.24) is 5.48 Å². The smallest absolute Gasteiger partial charge is 0.340 e. The molecule has 2 rings (SSSR count). The lowest BCUT2D eigenvalue weighted by Gasteiger charge is -2.13. The number of nitrogens with two attached hydrogens (primary N) is 1. The number of sulfone groups is 1. The van der Waals surface area contributed by atoms with Gasteiger partial charge in [0.2, 0.25) is 5.96 Å². The third kappa shape index (κ3) is 6.62. The van der Waals surface area contributed by atoms with Gasteiger partial charge < -0.3 is 14.7 Å². The molecular formula is C17H21N3O7S2. The second-order valence-electron chi connectivity index (χ2n) is 5.95. The molecule has 0 unspecified atom stereocenters. The Morgan fingerprint density at radius 2 is 1.66 bits per heavy atom. The predicted octanol–water partition coefficient (Wildman–Crippen LogP) is 0.960. The third-order valence-corrected chi connectivity index (χ3v) is 5.98. The fourth-order valence-electron chi connectivity index (χ4n) is 2.31. The van der Waals surface area contributed by atoms with E-state index in [1.165, 1.54) is 30.3 Å². The standard InChI is InChI=1S/C17H21N3O7S2/c1-12-9-13(25-7-8-26-20-17(18)19)11-14(10-12)27-29(23,24)16-6-4-3-5-15(16)28(2,21)22/h3-6,9-11H,7-8H2,1-2H3,(H4,18,19,20). The van der Waals surface area contributed by atoms with Crippen LogP contribution in [0.4, 0.5) is 0 Å². The first kappa shape index (κ1) is 22.5. The first-order valence-corrected chi connectivity index (χ1v) is 11.5. The molecule has 10 nitrogen and oxygen atoms in total. The Bertz CT molecular complexity index is 1100. The average molecular weight is 444 g/mol. The second kappa shape index (κ2) is 9.11. The fourth-order valence-corrected chi connectivity index (χ4v) is 4.83. The van der Waals surface area contributed by atoms with E-state index >= 15 is 0 Å². The summed E-state index contributed by atoms with van der Waals surface area (Å²) in [7, 11) is -8.18. The number of ether oxygens (including phenoxy) is 1. The molecule has 0 saturated heterocycles. The van der Waals surface area contributed by atoms with E-state index in [9.17, 15) is 16.8 Å². The molecule has 2 aromatic rings. The van der Waals surface area contributed by atoms with Gasteiger partial charge in [-0.15, -0.1) is 0 Å². The predicted molar refractivity (Wildman–Crippen MR) is 105 cm³/mol. The molecule has 0 aromatic heterocycles. The van der Waals surface area contributed by atoms with Gasteiger partial charge in [-0.05, 0) is 36.8 Å². The highest BCUT2D eigenvalue weighted by atomic mass is 32.2. The van der Waals surface area contributed by atoms with E-state index in [2.05, 4.69) is 5.48 Å². The summed E-state index contributed by atoms with van der Waals surface area (Å²) in [4.78, 5) is 4.06. The third-order valence-electron chi connectivity index (χ3n) is 3.38. The fraction of sp³-hybridized carbons (Fsp3) is 0.235. The van der Waals surface area contributed by atoms with Gasteiger partial charge in [-0.25, -0.2) is 13.9 Å². The van der Waals surface area contributed by atoms with Gasteiger partial charge in [-0.2, -0.15) is 8.42 Å². The van der Waals surface area contributed by atoms with Crippen LogP contribution in [0.2, 0.25) is 0 Å². The molecule has 0 heterocycles. The van der Waals surface area contributed by atoms with E-state index < -0.39 is 24.9 Å². The van der Waals surface area contributed by atoms with E-state index in [-0.39, 0.29) is 29.8 Å². The van der Waals surface area contributed by atoms with Gasteiger partial charge in [0.1, 0.15) is 29.6 Å². The molecule has 0 spiro atoms. The SMILES string of the molecule is Cc1cc(OCCONC(=N)N)cc(OS(=O)(=O)c2ccccc2S(C)(=O)=O)c1. The van der Waals surface area contributed by atoms with Crippen LogP contribution in [0.3, 0.4) is 0 Å². The van der Waals surface area contributed by atoms with Crippen LogP contribution < -0.4 is 20.1 Å². The number of benzene rings is 2. The minimum Gasteiger partial charge on any atom is -0.491 e. The van der Waals surface area contributed by atoms with Gasteiger partial charge in [-0.3, -0.25) is 10.2 Å². The lowest BCUT2D eigenvalue weighted by atomic mass is 10.2. The van der Waals surface area contributed by atoms with Gasteiger partial charge in [0.25, 0.3) is 0 Å². The molecule has 29 heavy (non-hydrogen) atoms. The number of guanidine groups is 1. The summed E-state index contributed by atoms with van der Waals surface area (Å²) in [6.07, 6.45) is 0.920. The van der Waals surface area contributed by atoms with E-state index in [1.807, 2.05) is 0 Å². The summed E-state index contributed by atoms with van der Waals surface area (Å²) in [6, 6.07) is 9.68. The molecule has 0 saturated carbocycles. The molecule has 4 N–H and O–H groups in total. The number of rotatable bonds is 9. The summed E-state index contributed by atoms with van der Waals surface area (Å²) >= 11 is 0. The van der Waals surface area contributed by atoms with Gasteiger partial charge in [0.15, 0.2) is 9.84 Å². The first-order valence-electron chi connectivity index (χ1n) is 8.19. The van der Waals surface area contributed by atoms with Crippen molar-refractivity contribution in [1.29, 1.82) is 5.41 Å². The van der Waals surface area contributed by atoms with Crippen LogP contribution in [-0.4, -0.2) is 42.3 Å². The molecule has 0 amide bonds. The minimum atomic E-state index is -4.41. The summed E-state index contributed by atoms with van der Waals surface area (Å²) in [5, 5.41) is 6.95. The molecule has 0 aliphatic rings. The zero-order chi connectivity index (χ0) is 21.7. The Morgan fingerprint density at radius 3 is 2.28 bits per heavy atom. The lowest BCUT2D eigenvalue weighted by molar-refractivity contribution is 0.0583. The highest BCUT2D eigenvalue weighted by Crippen LogP contribution is 2.28. The van der Waals surface area contributed by atoms with Crippen LogP contribution in [0, 0.1) is 12.3 Å². The van der Waals surface area contributed by atoms with E-state index in [4.69, 9.17) is 24.9 Å². The van der Waals surface area contributed by atoms with Gasteiger partial charge >= 0.3 is 10.1 Å². The molecule has 0 aliphatic heterocycles. The van der Waals surface area contributed by atoms with E-state index in [0.717, 1.165) is 12.3 Å². The first-order chi connectivity index (χ1) is 13.5. The largest absolute Gasteiger partial charge is 0.491 e. The Morgan fingerprint density at radius 1 is 1.03 bits per heavy atom. The van der Waals surface area contributed by atoms with Crippen LogP contribution in [0.15, 0.2) is 52.3 Å². The molecule has 158 valence electrons. The highest BCUT2D eigenvalue weighted by molar-refractivity contribution is 7.92. The van der Waals surface area contributed by atoms with Crippen molar-refractivity contribution in [3.05, 3.63) is 48.0 Å². The molecule has 0 bridgehead atoms. The van der Waals surface area contributed by atoms with Crippen LogP contribution in [0.25, 0.3) is 0 Å². The molecule has 12 heteroatoms. The number of nitrogens with one attached hydrogen (secondary N) is 2. The summed E-state index contributed by atoms with van der Waals surface area (Å²) in [6.45, 7) is 1.88. The maximum atomic E-state index is 12.7. The van der Waals surface area contributed by atoms with Crippen molar-refractivity contribution in [3.8, 4) is 11.5 Å². The Hall–Kier alpha value is -2.83. The zero-order valence-corrected chi connectivity index (χ0v) is 17.3. The van der Waals surface area contributed by atoms with Crippen LogP contribution in [-0.2, 0) is 24.8 Å². The maximum absolute atomic E-state index is 12.7. The van der Waals surface area contributed by atoms with E-state index in [1.54, 1.807) is 13.0 Å². The zero-order valence-electron chi connectivity index (χ0n) is 15.7. The number of hydrogen-bond acceptors (Lipinski definition) is 8. The number of hydroxylamine groups is 1. The molecule has 0 atom stereocenters. The summed E-state index contributed by atoms with van der Waals surface area (Å²) in [5.41, 5.74) is 7.87. The topological polar surface area (TPSA) is 158 Å². The Balaban J connectivity index is 2.20. The summed E-state index contributed by atoms with van der Waals surface area (Å²) in [5.74, 6) is -0.0695. The highest BCUT2D eigenvalue weighted by Gasteiger charge is 2.25. The van der Waals surface area contributed by atoms with Crippen molar-refractivity contribution >= 4 is 25.9 Å². The Labute approximate surface area is 169 Å². The molecular weight excluding hydrogens is 422 g/mol. The number of hydrogen-bond donors (Lipinski definition) is 3. The van der Waals surface area contributed by atoms with Gasteiger partial charge in [0, 0.05) is 12.3 Å². The van der Waals surface area contributed by atoms with Crippen LogP contribution in [0.1, 0.15) is 5.56 Å². The molecule has 0 aliphatic carbocycles. The normalized spacial score (nSPS) is 11.7. The van der Waals surface area contributed by atoms with Gasteiger partial charge in [-0.1, -0.05) is 12.1 Å². The van der Waals surface area contributed by atoms with E-state index in [0.29, 0.717) is 11.3 Å². The summed E-state index contributed by atoms with van der Waals surface area (Å²) < 4.78 is 59.7. The van der Waals surface area contributed by atoms with Crippen molar-refractivity contribution in [3.63, 3.8) is 0 Å². The van der Waals surface area contributed by atoms with Crippen molar-refractivity contribution in [2.75, 3.05) is 19.5 Å². The monoisotopic (exact) mass is 443 g/mol. The Kier molecular flexibility index (Phi) is 7.06. The quantitative estimate of drug-likeness (QED) is 0.169. The lowest BCUT2D eigenvalue weighted by Crippen LogP contribution is -2.31. The molecule has 0 fully saturated rings. The van der Waals surface area contributed by atoms with Crippen molar-refractivity contribution < 1.29 is 30.6 Å². The maximum Gasteiger partial charge on any atom is 0.340 e. The van der Waals surface area contributed by atoms with Gasteiger partial charge in [0.05, 0.1) is 4.90 Å². The molecule has 0 radical (unpaired) electrons. The number of aryl methyl sites for hydroxylation is 1. The second-order valence-corrected chi connectivity index (χ2v) is 9.45. The van der Waals surface area contributed by atoms with Crippen LogP contribution in [0.5, 0.6) is 11.5 Å². The average Bonchev–Trinajstić information content (AvgIpc) is 2.59.